The minimum Gasteiger partial charge on any atom is -0.465 e. The van der Waals surface area contributed by atoms with Crippen molar-refractivity contribution >= 4 is 70.1 Å². The molecule has 0 aliphatic rings. The molecule has 3 N–H and O–H groups in total. The van der Waals surface area contributed by atoms with E-state index in [2.05, 4.69) is 16.0 Å². The molecular formula is C34H25Cl2N3O4S. The van der Waals surface area contributed by atoms with E-state index < -0.39 is 17.1 Å². The highest BCUT2D eigenvalue weighted by Gasteiger charge is 2.23. The van der Waals surface area contributed by atoms with Gasteiger partial charge in [-0.15, -0.1) is 11.8 Å². The fraction of sp³-hybridized carbons (Fsp3) is 0.0294. The van der Waals surface area contributed by atoms with Crippen molar-refractivity contribution in [2.45, 2.75) is 10.1 Å². The summed E-state index contributed by atoms with van der Waals surface area (Å²) >= 11 is 13.5. The van der Waals surface area contributed by atoms with Gasteiger partial charge < -0.3 is 20.4 Å². The molecule has 0 aliphatic carbocycles. The number of carbonyl (C=O) groups is 3. The zero-order chi connectivity index (χ0) is 30.9. The molecule has 0 aliphatic heterocycles. The molecule has 0 saturated carbocycles. The summed E-state index contributed by atoms with van der Waals surface area (Å²) in [6.45, 7) is 0. The van der Waals surface area contributed by atoms with Crippen LogP contribution in [0.2, 0.25) is 10.0 Å². The molecule has 1 unspecified atom stereocenters. The molecule has 7 nitrogen and oxygen atoms in total. The molecule has 0 bridgehead atoms. The topological polar surface area (TPSA) is 100 Å². The van der Waals surface area contributed by atoms with Gasteiger partial charge in [0.2, 0.25) is 5.91 Å². The summed E-state index contributed by atoms with van der Waals surface area (Å²) in [4.78, 5) is 40.5. The lowest BCUT2D eigenvalue weighted by Gasteiger charge is -2.18. The Labute approximate surface area is 268 Å². The molecule has 3 amide bonds. The Hall–Kier alpha value is -4.76. The Balaban J connectivity index is 1.35. The quantitative estimate of drug-likeness (QED) is 0.105. The van der Waals surface area contributed by atoms with Crippen LogP contribution in [0, 0.1) is 0 Å². The number of hydrogen-bond donors (Lipinski definition) is 3. The fourth-order valence-electron chi connectivity index (χ4n) is 4.12. The van der Waals surface area contributed by atoms with Gasteiger partial charge in [0, 0.05) is 27.9 Å². The molecule has 1 atom stereocenters. The van der Waals surface area contributed by atoms with Crippen molar-refractivity contribution in [3.05, 3.63) is 154 Å². The Morgan fingerprint density at radius 2 is 1.45 bits per heavy atom. The number of halogens is 2. The molecule has 1 heterocycles. The molecule has 0 saturated heterocycles. The van der Waals surface area contributed by atoms with Crippen LogP contribution in [-0.2, 0) is 9.59 Å². The van der Waals surface area contributed by atoms with Crippen molar-refractivity contribution in [2.24, 2.45) is 0 Å². The van der Waals surface area contributed by atoms with E-state index in [4.69, 9.17) is 27.6 Å². The van der Waals surface area contributed by atoms with Gasteiger partial charge in [-0.3, -0.25) is 14.4 Å². The van der Waals surface area contributed by atoms with Crippen LogP contribution < -0.4 is 16.0 Å². The van der Waals surface area contributed by atoms with E-state index in [0.717, 1.165) is 10.5 Å². The van der Waals surface area contributed by atoms with Crippen LogP contribution in [0.5, 0.6) is 0 Å². The lowest BCUT2D eigenvalue weighted by molar-refractivity contribution is -0.116. The maximum atomic E-state index is 13.5. The summed E-state index contributed by atoms with van der Waals surface area (Å²) in [5.74, 6) is -0.862. The number of furan rings is 1. The van der Waals surface area contributed by atoms with Gasteiger partial charge in [-0.25, -0.2) is 0 Å². The maximum absolute atomic E-state index is 13.5. The predicted molar refractivity (Wildman–Crippen MR) is 176 cm³/mol. The highest BCUT2D eigenvalue weighted by Crippen LogP contribution is 2.37. The second-order valence-electron chi connectivity index (χ2n) is 9.40. The largest absolute Gasteiger partial charge is 0.465 e. The van der Waals surface area contributed by atoms with Crippen LogP contribution in [-0.4, -0.2) is 17.7 Å². The van der Waals surface area contributed by atoms with Gasteiger partial charge in [0.1, 0.15) is 16.7 Å². The zero-order valence-corrected chi connectivity index (χ0v) is 25.3. The fourth-order valence-corrected chi connectivity index (χ4v) is 5.50. The number of hydrogen-bond acceptors (Lipinski definition) is 5. The summed E-state index contributed by atoms with van der Waals surface area (Å²) < 4.78 is 5.37. The maximum Gasteiger partial charge on any atom is 0.272 e. The summed E-state index contributed by atoms with van der Waals surface area (Å²) in [5, 5.41) is 8.52. The van der Waals surface area contributed by atoms with Crippen molar-refractivity contribution in [2.75, 3.05) is 10.6 Å². The molecule has 5 aromatic rings. The van der Waals surface area contributed by atoms with E-state index in [1.807, 2.05) is 36.4 Å². The highest BCUT2D eigenvalue weighted by atomic mass is 35.5. The highest BCUT2D eigenvalue weighted by molar-refractivity contribution is 8.00. The van der Waals surface area contributed by atoms with Gasteiger partial charge in [0.25, 0.3) is 11.8 Å². The van der Waals surface area contributed by atoms with Crippen LogP contribution in [0.1, 0.15) is 26.9 Å². The first-order valence-electron chi connectivity index (χ1n) is 13.4. The Morgan fingerprint density at radius 1 is 0.727 bits per heavy atom. The summed E-state index contributed by atoms with van der Waals surface area (Å²) in [5.41, 5.74) is 2.17. The third-order valence-corrected chi connectivity index (χ3v) is 8.22. The second-order valence-corrected chi connectivity index (χ2v) is 11.4. The SMILES string of the molecule is O=C(Nc1cccc(SC(C(=O)Nc2ccc(Cl)c(Cl)c2)c2ccccc2)c1)/C(=C/c1ccco1)NC(=O)c1ccccc1. The third kappa shape index (κ3) is 8.20. The Morgan fingerprint density at radius 3 is 2.16 bits per heavy atom. The average Bonchev–Trinajstić information content (AvgIpc) is 3.55. The van der Waals surface area contributed by atoms with Gasteiger partial charge in [0.15, 0.2) is 0 Å². The molecule has 0 spiro atoms. The van der Waals surface area contributed by atoms with Crippen LogP contribution in [0.3, 0.4) is 0 Å². The van der Waals surface area contributed by atoms with E-state index in [1.165, 1.54) is 24.1 Å². The second kappa shape index (κ2) is 14.6. The molecular weight excluding hydrogens is 617 g/mol. The zero-order valence-electron chi connectivity index (χ0n) is 23.0. The summed E-state index contributed by atoms with van der Waals surface area (Å²) in [7, 11) is 0. The van der Waals surface area contributed by atoms with Gasteiger partial charge in [-0.05, 0) is 66.2 Å². The van der Waals surface area contributed by atoms with Crippen LogP contribution in [0.25, 0.3) is 6.08 Å². The van der Waals surface area contributed by atoms with Gasteiger partial charge >= 0.3 is 0 Å². The normalized spacial score (nSPS) is 11.8. The van der Waals surface area contributed by atoms with Crippen LogP contribution >= 0.6 is 35.0 Å². The van der Waals surface area contributed by atoms with E-state index in [9.17, 15) is 14.4 Å². The predicted octanol–water partition coefficient (Wildman–Crippen LogP) is 8.47. The van der Waals surface area contributed by atoms with Crippen molar-refractivity contribution in [1.29, 1.82) is 0 Å². The van der Waals surface area contributed by atoms with Crippen LogP contribution in [0.15, 0.2) is 137 Å². The summed E-state index contributed by atoms with van der Waals surface area (Å²) in [6.07, 6.45) is 2.93. The monoisotopic (exact) mass is 641 g/mol. The van der Waals surface area contributed by atoms with Crippen molar-refractivity contribution in [3.8, 4) is 0 Å². The number of rotatable bonds is 10. The van der Waals surface area contributed by atoms with E-state index >= 15 is 0 Å². The first-order valence-corrected chi connectivity index (χ1v) is 15.0. The lowest BCUT2D eigenvalue weighted by atomic mass is 10.1. The summed E-state index contributed by atoms with van der Waals surface area (Å²) in [6, 6.07) is 33.3. The molecule has 220 valence electrons. The van der Waals surface area contributed by atoms with E-state index in [1.54, 1.807) is 78.9 Å². The smallest absolute Gasteiger partial charge is 0.272 e. The average molecular weight is 643 g/mol. The van der Waals surface area contributed by atoms with E-state index in [-0.39, 0.29) is 11.6 Å². The molecule has 10 heteroatoms. The molecule has 0 fully saturated rings. The van der Waals surface area contributed by atoms with Crippen molar-refractivity contribution < 1.29 is 18.8 Å². The van der Waals surface area contributed by atoms with Crippen molar-refractivity contribution in [3.63, 3.8) is 0 Å². The minimum absolute atomic E-state index is 0.00461. The third-order valence-electron chi connectivity index (χ3n) is 6.23. The Bertz CT molecular complexity index is 1800. The van der Waals surface area contributed by atoms with Crippen molar-refractivity contribution in [1.82, 2.24) is 5.32 Å². The molecule has 1 aromatic heterocycles. The minimum atomic E-state index is -0.629. The molecule has 5 rings (SSSR count). The van der Waals surface area contributed by atoms with Gasteiger partial charge in [-0.1, -0.05) is 77.8 Å². The first kappa shape index (κ1) is 30.7. The first-order chi connectivity index (χ1) is 21.4. The van der Waals surface area contributed by atoms with Gasteiger partial charge in [0.05, 0.1) is 16.3 Å². The number of amides is 3. The lowest BCUT2D eigenvalue weighted by Crippen LogP contribution is -2.30. The number of nitrogens with one attached hydrogen (secondary N) is 3. The van der Waals surface area contributed by atoms with Crippen LogP contribution in [0.4, 0.5) is 11.4 Å². The molecule has 0 radical (unpaired) electrons. The number of anilines is 2. The standard InChI is InChI=1S/C34H25Cl2N3O4S/c35-28-17-16-25(20-29(28)36)38-34(42)31(22-9-3-1-4-10-22)44-27-15-7-13-24(19-27)37-33(41)30(21-26-14-8-18-43-26)39-32(40)23-11-5-2-6-12-23/h1-21,31H,(H,37,41)(H,38,42)(H,39,40)/b30-21-. The number of thioether (sulfide) groups is 1. The molecule has 44 heavy (non-hydrogen) atoms. The molecule has 4 aromatic carbocycles. The van der Waals surface area contributed by atoms with E-state index in [0.29, 0.717) is 32.7 Å². The number of benzene rings is 4. The number of carbonyl (C=O) groups excluding carboxylic acids is 3. The Kier molecular flexibility index (Phi) is 10.2. The van der Waals surface area contributed by atoms with Gasteiger partial charge in [-0.2, -0.15) is 0 Å².